The first kappa shape index (κ1) is 29.2. The van der Waals surface area contributed by atoms with E-state index in [1.54, 1.807) is 12.5 Å². The van der Waals surface area contributed by atoms with Crippen molar-refractivity contribution >= 4 is 56.7 Å². The Morgan fingerprint density at radius 2 is 1.79 bits per heavy atom. The number of thiazole rings is 1. The minimum Gasteiger partial charge on any atom is -0.494 e. The molecule has 5 heterocycles. The van der Waals surface area contributed by atoms with Crippen LogP contribution in [0.15, 0.2) is 47.8 Å². The zero-order valence-electron chi connectivity index (χ0n) is 26.1. The lowest BCUT2D eigenvalue weighted by molar-refractivity contribution is 0.0466. The molecule has 3 aromatic heterocycles. The predicted molar refractivity (Wildman–Crippen MR) is 182 cm³/mol. The van der Waals surface area contributed by atoms with Crippen molar-refractivity contribution in [3.8, 4) is 17.3 Å². The summed E-state index contributed by atoms with van der Waals surface area (Å²) in [6, 6.07) is 14.7. The number of amides is 2. The maximum atomic E-state index is 13.9. The molecule has 47 heavy (non-hydrogen) atoms. The summed E-state index contributed by atoms with van der Waals surface area (Å²) in [6.07, 6.45) is 4.51. The molecule has 2 aliphatic carbocycles. The molecular weight excluding hydrogens is 634 g/mol. The molecule has 5 aromatic rings. The lowest BCUT2D eigenvalue weighted by atomic mass is 9.99. The van der Waals surface area contributed by atoms with Crippen molar-refractivity contribution < 1.29 is 14.3 Å². The molecule has 9 rings (SSSR count). The number of nitrogens with zero attached hydrogens (tertiary/aromatic N) is 6. The van der Waals surface area contributed by atoms with Crippen LogP contribution in [0.25, 0.3) is 33.5 Å². The number of carbonyl (C=O) groups is 2. The third-order valence-electron chi connectivity index (χ3n) is 10.7. The zero-order valence-corrected chi connectivity index (χ0v) is 27.7. The number of carbonyl (C=O) groups excluding carboxylic acids is 2. The second kappa shape index (κ2) is 11.1. The highest BCUT2D eigenvalue weighted by Crippen LogP contribution is 2.41. The van der Waals surface area contributed by atoms with Gasteiger partial charge in [-0.05, 0) is 61.8 Å². The smallest absolute Gasteiger partial charge is 0.273 e. The van der Waals surface area contributed by atoms with Crippen molar-refractivity contribution in [3.05, 3.63) is 63.6 Å². The highest BCUT2D eigenvalue weighted by atomic mass is 35.5. The number of imidazole rings is 1. The van der Waals surface area contributed by atoms with E-state index in [1.165, 1.54) is 35.1 Å². The van der Waals surface area contributed by atoms with Crippen molar-refractivity contribution in [3.63, 3.8) is 0 Å². The van der Waals surface area contributed by atoms with Crippen LogP contribution in [-0.2, 0) is 13.1 Å². The lowest BCUT2D eigenvalue weighted by Gasteiger charge is -2.39. The monoisotopic (exact) mass is 669 g/mol. The number of rotatable bonds is 8. The van der Waals surface area contributed by atoms with Gasteiger partial charge in [0.15, 0.2) is 10.3 Å². The average molecular weight is 670 g/mol. The van der Waals surface area contributed by atoms with Gasteiger partial charge in [-0.1, -0.05) is 29.8 Å². The van der Waals surface area contributed by atoms with E-state index in [0.29, 0.717) is 59.5 Å². The molecule has 4 fully saturated rings. The number of ether oxygens (including phenoxy) is 1. The third kappa shape index (κ3) is 4.85. The van der Waals surface area contributed by atoms with Crippen molar-refractivity contribution in [2.24, 2.45) is 23.5 Å². The molecule has 242 valence electrons. The van der Waals surface area contributed by atoms with Gasteiger partial charge in [0.1, 0.15) is 17.0 Å². The van der Waals surface area contributed by atoms with Crippen molar-refractivity contribution in [2.45, 2.75) is 50.9 Å². The SMILES string of the molecule is COc1cc(C(=O)N2CC3CCC2[C@@H]3N)cc2nc(-c3cc4ccccc4n3CC3CC3)n(CC3CN(C(=O)c4csc(Cl)n4)C3)c12. The van der Waals surface area contributed by atoms with E-state index in [1.807, 2.05) is 21.9 Å². The standard InChI is InChI=1S/C35H36ClN7O3S/c1-46-29-12-23(33(44)42-17-22-8-9-27(42)30(22)37)10-24-31(29)43(16-20-13-40(14-20)34(45)25-18-47-35(36)39-25)32(38-24)28-11-21-4-2-3-5-26(21)41(28)15-19-6-7-19/h2-5,10-12,18-20,22,27,30H,6-9,13-17,37H2,1H3/t22?,27?,30-/m1/s1. The summed E-state index contributed by atoms with van der Waals surface area (Å²) in [4.78, 5) is 40.2. The maximum absolute atomic E-state index is 13.9. The van der Waals surface area contributed by atoms with Gasteiger partial charge in [0.2, 0.25) is 0 Å². The highest BCUT2D eigenvalue weighted by Gasteiger charge is 2.47. The van der Waals surface area contributed by atoms with E-state index in [4.69, 9.17) is 27.1 Å². The van der Waals surface area contributed by atoms with Crippen LogP contribution in [-0.4, -0.2) is 79.5 Å². The Balaban J connectivity index is 1.12. The molecule has 3 atom stereocenters. The van der Waals surface area contributed by atoms with Gasteiger partial charge in [-0.2, -0.15) is 0 Å². The Labute approximate surface area is 281 Å². The van der Waals surface area contributed by atoms with Crippen LogP contribution < -0.4 is 10.5 Å². The number of methoxy groups -OCH3 is 1. The summed E-state index contributed by atoms with van der Waals surface area (Å²) >= 11 is 7.27. The molecule has 0 spiro atoms. The molecule has 2 aromatic carbocycles. The molecule has 2 saturated heterocycles. The second-order valence-electron chi connectivity index (χ2n) is 13.7. The van der Waals surface area contributed by atoms with Gasteiger partial charge in [-0.3, -0.25) is 9.59 Å². The quantitative estimate of drug-likeness (QED) is 0.233. The van der Waals surface area contributed by atoms with E-state index in [-0.39, 0.29) is 29.8 Å². The number of likely N-dealkylation sites (tertiary alicyclic amines) is 2. The fourth-order valence-corrected chi connectivity index (χ4v) is 8.84. The molecule has 2 N–H and O–H groups in total. The molecule has 10 nitrogen and oxygen atoms in total. The lowest BCUT2D eigenvalue weighted by Crippen LogP contribution is -2.51. The Morgan fingerprint density at radius 3 is 2.49 bits per heavy atom. The van der Waals surface area contributed by atoms with E-state index >= 15 is 0 Å². The third-order valence-corrected chi connectivity index (χ3v) is 11.7. The Hall–Kier alpha value is -3.93. The summed E-state index contributed by atoms with van der Waals surface area (Å²) in [5.74, 6) is 2.59. The van der Waals surface area contributed by atoms with Crippen LogP contribution in [0, 0.1) is 17.8 Å². The number of piperidine rings is 1. The van der Waals surface area contributed by atoms with E-state index < -0.39 is 0 Å². The van der Waals surface area contributed by atoms with Crippen LogP contribution in [0.1, 0.15) is 46.5 Å². The van der Waals surface area contributed by atoms with Gasteiger partial charge in [0, 0.05) is 72.6 Å². The highest BCUT2D eigenvalue weighted by molar-refractivity contribution is 7.14. The first-order valence-electron chi connectivity index (χ1n) is 16.5. The summed E-state index contributed by atoms with van der Waals surface area (Å²) < 4.78 is 11.1. The first-order valence-corrected chi connectivity index (χ1v) is 17.8. The molecule has 2 unspecified atom stereocenters. The topological polar surface area (TPSA) is 112 Å². The largest absolute Gasteiger partial charge is 0.494 e. The number of fused-ring (bicyclic) bond motifs is 4. The second-order valence-corrected chi connectivity index (χ2v) is 15.2. The maximum Gasteiger partial charge on any atom is 0.273 e. The minimum absolute atomic E-state index is 0.0120. The van der Waals surface area contributed by atoms with Gasteiger partial charge in [-0.25, -0.2) is 9.97 Å². The van der Waals surface area contributed by atoms with E-state index in [2.05, 4.69) is 44.5 Å². The molecule has 0 radical (unpaired) electrons. The number of aromatic nitrogens is 4. The number of hydrogen-bond acceptors (Lipinski definition) is 7. The van der Waals surface area contributed by atoms with Gasteiger partial charge >= 0.3 is 0 Å². The molecule has 12 heteroatoms. The van der Waals surface area contributed by atoms with Crippen LogP contribution in [0.2, 0.25) is 4.47 Å². The van der Waals surface area contributed by atoms with E-state index in [9.17, 15) is 9.59 Å². The van der Waals surface area contributed by atoms with Gasteiger partial charge in [-0.15, -0.1) is 11.3 Å². The molecule has 4 aliphatic rings. The Kier molecular flexibility index (Phi) is 6.88. The average Bonchev–Trinajstić information content (AvgIpc) is 3.34. The summed E-state index contributed by atoms with van der Waals surface area (Å²) in [5, 5.41) is 2.88. The van der Waals surface area contributed by atoms with E-state index in [0.717, 1.165) is 41.9 Å². The number of benzene rings is 2. The summed E-state index contributed by atoms with van der Waals surface area (Å²) in [6.45, 7) is 3.50. The fraction of sp³-hybridized carbons (Fsp3) is 0.429. The van der Waals surface area contributed by atoms with Crippen molar-refractivity contribution in [1.29, 1.82) is 0 Å². The van der Waals surface area contributed by atoms with Gasteiger partial charge in [0.05, 0.1) is 18.3 Å². The van der Waals surface area contributed by atoms with Gasteiger partial charge in [0.25, 0.3) is 11.8 Å². The van der Waals surface area contributed by atoms with Crippen LogP contribution >= 0.6 is 22.9 Å². The predicted octanol–water partition coefficient (Wildman–Crippen LogP) is 5.52. The number of halogens is 1. The van der Waals surface area contributed by atoms with Gasteiger partial charge < -0.3 is 29.4 Å². The first-order chi connectivity index (χ1) is 22.9. The fourth-order valence-electron chi connectivity index (χ4n) is 8.10. The number of nitrogens with two attached hydrogens (primary N) is 1. The van der Waals surface area contributed by atoms with Crippen LogP contribution in [0.5, 0.6) is 5.75 Å². The normalized spacial score (nSPS) is 22.5. The molecule has 2 amide bonds. The molecule has 2 aliphatic heterocycles. The Bertz CT molecular complexity index is 2060. The zero-order chi connectivity index (χ0) is 32.0. The summed E-state index contributed by atoms with van der Waals surface area (Å²) in [5.41, 5.74) is 11.3. The number of para-hydroxylation sites is 1. The van der Waals surface area contributed by atoms with Crippen LogP contribution in [0.3, 0.4) is 0 Å². The van der Waals surface area contributed by atoms with Crippen molar-refractivity contribution in [1.82, 2.24) is 28.9 Å². The number of hydrogen-bond donors (Lipinski definition) is 1. The summed E-state index contributed by atoms with van der Waals surface area (Å²) in [7, 11) is 1.65. The molecular formula is C35H36ClN7O3S. The van der Waals surface area contributed by atoms with Crippen molar-refractivity contribution in [2.75, 3.05) is 26.7 Å². The Morgan fingerprint density at radius 1 is 0.979 bits per heavy atom. The van der Waals surface area contributed by atoms with Crippen LogP contribution in [0.4, 0.5) is 0 Å². The molecule has 2 bridgehead atoms. The molecule has 2 saturated carbocycles. The minimum atomic E-state index is -0.0965.